The fourth-order valence-electron chi connectivity index (χ4n) is 3.36. The Bertz CT molecular complexity index is 1290. The van der Waals surface area contributed by atoms with Crippen molar-refractivity contribution in [3.63, 3.8) is 0 Å². The van der Waals surface area contributed by atoms with E-state index < -0.39 is 39.4 Å². The molecule has 0 saturated carbocycles. The van der Waals surface area contributed by atoms with Gasteiger partial charge in [-0.15, -0.1) is 0 Å². The van der Waals surface area contributed by atoms with Crippen LogP contribution in [0.25, 0.3) is 10.8 Å². The molecule has 0 aromatic heterocycles. The second-order valence-electron chi connectivity index (χ2n) is 8.02. The number of ether oxygens (including phenoxy) is 2. The lowest BCUT2D eigenvalue weighted by Crippen LogP contribution is -2.40. The summed E-state index contributed by atoms with van der Waals surface area (Å²) in [5.74, 6) is -1.73. The number of hydrogen-bond acceptors (Lipinski definition) is 9. The van der Waals surface area contributed by atoms with E-state index in [2.05, 4.69) is 30.7 Å². The van der Waals surface area contributed by atoms with Gasteiger partial charge >= 0.3 is 19.8 Å². The number of benzene rings is 3. The maximum atomic E-state index is 13.3. The zero-order chi connectivity index (χ0) is 27.5. The average Bonchev–Trinajstić information content (AvgIpc) is 2.88. The van der Waals surface area contributed by atoms with Crippen molar-refractivity contribution in [2.24, 2.45) is 0 Å². The van der Waals surface area contributed by atoms with E-state index in [9.17, 15) is 18.9 Å². The van der Waals surface area contributed by atoms with E-state index in [4.69, 9.17) is 13.6 Å². The lowest BCUT2D eigenvalue weighted by atomic mass is 10.0. The standard InChI is InChI=1S/C26H27BrNO9P/c1-18(29)33-16-36-38(32,37-17-34-19(2)30)35-15-22(14-20-8-4-3-5-9-20)28-26(31)24-13-12-21-10-6-7-11-23(21)25(24)27/h3-13,22H,14-17H2,1-2H3,(H,28,31). The molecule has 1 N–H and O–H groups in total. The Labute approximate surface area is 228 Å². The number of halogens is 1. The molecule has 0 aliphatic rings. The average molecular weight is 608 g/mol. The molecule has 1 unspecified atom stereocenters. The van der Waals surface area contributed by atoms with Crippen LogP contribution < -0.4 is 5.32 Å². The van der Waals surface area contributed by atoms with Crippen LogP contribution >= 0.6 is 23.8 Å². The first kappa shape index (κ1) is 29.5. The van der Waals surface area contributed by atoms with Gasteiger partial charge in [0.05, 0.1) is 18.2 Å². The minimum Gasteiger partial charge on any atom is -0.438 e. The van der Waals surface area contributed by atoms with Crippen LogP contribution in [0.4, 0.5) is 0 Å². The molecule has 38 heavy (non-hydrogen) atoms. The van der Waals surface area contributed by atoms with Crippen molar-refractivity contribution >= 4 is 52.4 Å². The third-order valence-electron chi connectivity index (χ3n) is 5.15. The number of amides is 1. The number of fused-ring (bicyclic) bond motifs is 1. The summed E-state index contributed by atoms with van der Waals surface area (Å²) >= 11 is 3.53. The largest absolute Gasteiger partial charge is 0.480 e. The summed E-state index contributed by atoms with van der Waals surface area (Å²) in [4.78, 5) is 35.4. The van der Waals surface area contributed by atoms with Crippen molar-refractivity contribution in [2.75, 3.05) is 20.2 Å². The van der Waals surface area contributed by atoms with Gasteiger partial charge in [0, 0.05) is 18.3 Å². The molecule has 12 heteroatoms. The molecule has 0 bridgehead atoms. The van der Waals surface area contributed by atoms with Gasteiger partial charge in [0.25, 0.3) is 5.91 Å². The van der Waals surface area contributed by atoms with E-state index in [1.165, 1.54) is 0 Å². The number of phosphoric ester groups is 1. The molecular formula is C26H27BrNO9P. The number of nitrogens with one attached hydrogen (secondary N) is 1. The lowest BCUT2D eigenvalue weighted by molar-refractivity contribution is -0.151. The van der Waals surface area contributed by atoms with E-state index in [-0.39, 0.29) is 12.5 Å². The van der Waals surface area contributed by atoms with E-state index in [1.807, 2.05) is 60.7 Å². The Balaban J connectivity index is 1.78. The molecule has 3 aromatic carbocycles. The van der Waals surface area contributed by atoms with Crippen LogP contribution in [0.5, 0.6) is 0 Å². The van der Waals surface area contributed by atoms with Gasteiger partial charge in [-0.1, -0.05) is 60.7 Å². The van der Waals surface area contributed by atoms with Crippen molar-refractivity contribution in [2.45, 2.75) is 26.3 Å². The Morgan fingerprint density at radius 1 is 0.842 bits per heavy atom. The zero-order valence-electron chi connectivity index (χ0n) is 20.8. The van der Waals surface area contributed by atoms with E-state index in [0.29, 0.717) is 16.5 Å². The third-order valence-corrected chi connectivity index (χ3v) is 7.31. The van der Waals surface area contributed by atoms with Gasteiger partial charge in [0.15, 0.2) is 0 Å². The van der Waals surface area contributed by atoms with Crippen molar-refractivity contribution in [3.8, 4) is 0 Å². The molecule has 0 saturated heterocycles. The van der Waals surface area contributed by atoms with E-state index >= 15 is 0 Å². The highest BCUT2D eigenvalue weighted by atomic mass is 79.9. The minimum absolute atomic E-state index is 0.302. The fourth-order valence-corrected chi connectivity index (χ4v) is 4.99. The minimum atomic E-state index is -4.36. The summed E-state index contributed by atoms with van der Waals surface area (Å²) in [5, 5.41) is 4.75. The molecule has 0 aliphatic carbocycles. The van der Waals surface area contributed by atoms with Gasteiger partial charge in [-0.3, -0.25) is 18.9 Å². The van der Waals surface area contributed by atoms with Crippen molar-refractivity contribution in [3.05, 3.63) is 82.3 Å². The third kappa shape index (κ3) is 9.04. The number of rotatable bonds is 13. The molecule has 3 aromatic rings. The first-order valence-corrected chi connectivity index (χ1v) is 13.7. The maximum absolute atomic E-state index is 13.3. The molecule has 0 aliphatic heterocycles. The SMILES string of the molecule is CC(=O)OCOP(=O)(OCOC(C)=O)OCC(Cc1ccccc1)NC(=O)c1ccc2ccccc2c1Br. The normalized spacial score (nSPS) is 12.1. The summed E-state index contributed by atoms with van der Waals surface area (Å²) in [6, 6.07) is 19.8. The Kier molecular flexibility index (Phi) is 11.0. The van der Waals surface area contributed by atoms with Gasteiger partial charge < -0.3 is 14.8 Å². The number of esters is 2. The summed E-state index contributed by atoms with van der Waals surface area (Å²) in [6.07, 6.45) is 0.325. The van der Waals surface area contributed by atoms with Crippen LogP contribution in [-0.4, -0.2) is 44.1 Å². The molecule has 1 atom stereocenters. The smallest absolute Gasteiger partial charge is 0.438 e. The highest BCUT2D eigenvalue weighted by molar-refractivity contribution is 9.10. The first-order chi connectivity index (χ1) is 18.2. The summed E-state index contributed by atoms with van der Waals surface area (Å²) < 4.78 is 38.6. The quantitative estimate of drug-likeness (QED) is 0.159. The van der Waals surface area contributed by atoms with Gasteiger partial charge in [0.1, 0.15) is 0 Å². The highest BCUT2D eigenvalue weighted by Crippen LogP contribution is 2.49. The zero-order valence-corrected chi connectivity index (χ0v) is 23.2. The Morgan fingerprint density at radius 2 is 1.45 bits per heavy atom. The molecule has 1 amide bonds. The second-order valence-corrected chi connectivity index (χ2v) is 10.5. The number of carbonyl (C=O) groups excluding carboxylic acids is 3. The number of hydrogen-bond donors (Lipinski definition) is 1. The van der Waals surface area contributed by atoms with Crippen LogP contribution in [0.1, 0.15) is 29.8 Å². The first-order valence-electron chi connectivity index (χ1n) is 11.5. The van der Waals surface area contributed by atoms with Crippen LogP contribution in [-0.2, 0) is 43.6 Å². The molecular weight excluding hydrogens is 581 g/mol. The number of phosphoric acid groups is 1. The molecule has 202 valence electrons. The molecule has 3 rings (SSSR count). The van der Waals surface area contributed by atoms with Crippen LogP contribution in [0.15, 0.2) is 71.2 Å². The molecule has 0 spiro atoms. The van der Waals surface area contributed by atoms with Crippen molar-refractivity contribution in [1.82, 2.24) is 5.32 Å². The second kappa shape index (κ2) is 14.2. The Morgan fingerprint density at radius 3 is 2.08 bits per heavy atom. The van der Waals surface area contributed by atoms with Crippen molar-refractivity contribution in [1.29, 1.82) is 0 Å². The van der Waals surface area contributed by atoms with Gasteiger partial charge in [-0.2, -0.15) is 0 Å². The molecule has 0 fully saturated rings. The fraction of sp³-hybridized carbons (Fsp3) is 0.269. The molecule has 10 nitrogen and oxygen atoms in total. The lowest BCUT2D eigenvalue weighted by Gasteiger charge is -2.23. The van der Waals surface area contributed by atoms with Crippen LogP contribution in [0.2, 0.25) is 0 Å². The topological polar surface area (TPSA) is 126 Å². The maximum Gasteiger partial charge on any atom is 0.480 e. The van der Waals surface area contributed by atoms with Gasteiger partial charge in [-0.25, -0.2) is 13.6 Å². The highest BCUT2D eigenvalue weighted by Gasteiger charge is 2.30. The summed E-state index contributed by atoms with van der Waals surface area (Å²) in [7, 11) is -4.36. The van der Waals surface area contributed by atoms with Crippen LogP contribution in [0.3, 0.4) is 0 Å². The molecule has 0 heterocycles. The van der Waals surface area contributed by atoms with E-state index in [1.54, 1.807) is 6.07 Å². The summed E-state index contributed by atoms with van der Waals surface area (Å²) in [5.41, 5.74) is 1.29. The predicted molar refractivity (Wildman–Crippen MR) is 142 cm³/mol. The monoisotopic (exact) mass is 607 g/mol. The summed E-state index contributed by atoms with van der Waals surface area (Å²) in [6.45, 7) is 0.554. The van der Waals surface area contributed by atoms with E-state index in [0.717, 1.165) is 30.2 Å². The van der Waals surface area contributed by atoms with Gasteiger partial charge in [-0.05, 0) is 44.8 Å². The van der Waals surface area contributed by atoms with Gasteiger partial charge in [0.2, 0.25) is 13.6 Å². The van der Waals surface area contributed by atoms with Crippen LogP contribution in [0, 0.1) is 0 Å². The van der Waals surface area contributed by atoms with Crippen molar-refractivity contribution < 1.29 is 42.0 Å². The predicted octanol–water partition coefficient (Wildman–Crippen LogP) is 5.14. The molecule has 0 radical (unpaired) electrons. The number of carbonyl (C=O) groups is 3. The Hall–Kier alpha value is -3.08.